The third-order valence-electron chi connectivity index (χ3n) is 3.78. The summed E-state index contributed by atoms with van der Waals surface area (Å²) in [5.41, 5.74) is -0.405. The van der Waals surface area contributed by atoms with E-state index in [2.05, 4.69) is 17.1 Å². The van der Waals surface area contributed by atoms with Crippen LogP contribution in [-0.4, -0.2) is 53.3 Å². The monoisotopic (exact) mass is 300 g/mol. The molecule has 5 heteroatoms. The summed E-state index contributed by atoms with van der Waals surface area (Å²) >= 11 is 2.07. The summed E-state index contributed by atoms with van der Waals surface area (Å²) < 4.78 is 5.49. The number of nitrogens with one attached hydrogen (secondary N) is 1. The van der Waals surface area contributed by atoms with Gasteiger partial charge in [0.05, 0.1) is 0 Å². The van der Waals surface area contributed by atoms with Crippen molar-refractivity contribution in [2.45, 2.75) is 63.3 Å². The number of nitrogens with zero attached hydrogens (tertiary/aromatic N) is 1. The fraction of sp³-hybridized carbons (Fsp3) is 0.933. The lowest BCUT2D eigenvalue weighted by Gasteiger charge is -2.29. The number of ether oxygens (including phenoxy) is 1. The molecule has 0 aliphatic carbocycles. The molecular formula is C15H28N2O2S. The number of likely N-dealkylation sites (tertiary alicyclic amines) is 1. The van der Waals surface area contributed by atoms with E-state index in [1.165, 1.54) is 18.6 Å². The Bertz CT molecular complexity index is 324. The first-order chi connectivity index (χ1) is 9.46. The topological polar surface area (TPSA) is 41.6 Å². The molecule has 20 heavy (non-hydrogen) atoms. The van der Waals surface area contributed by atoms with Gasteiger partial charge in [-0.05, 0) is 52.2 Å². The lowest BCUT2D eigenvalue weighted by Crippen LogP contribution is -2.44. The van der Waals surface area contributed by atoms with Crippen molar-refractivity contribution < 1.29 is 9.53 Å². The Labute approximate surface area is 127 Å². The SMILES string of the molecule is CC(C)(C)OC(=O)N1CCCC1CNCC1CCCS1. The number of hydrogen-bond acceptors (Lipinski definition) is 4. The van der Waals surface area contributed by atoms with Crippen molar-refractivity contribution in [3.8, 4) is 0 Å². The predicted molar refractivity (Wildman–Crippen MR) is 84.3 cm³/mol. The van der Waals surface area contributed by atoms with Crippen LogP contribution in [-0.2, 0) is 4.74 Å². The fourth-order valence-corrected chi connectivity index (χ4v) is 4.06. The summed E-state index contributed by atoms with van der Waals surface area (Å²) in [6.07, 6.45) is 4.70. The molecule has 2 rings (SSSR count). The molecule has 2 saturated heterocycles. The van der Waals surface area contributed by atoms with Gasteiger partial charge in [0.15, 0.2) is 0 Å². The van der Waals surface area contributed by atoms with Gasteiger partial charge in [0.1, 0.15) is 5.60 Å². The third kappa shape index (κ3) is 4.85. The summed E-state index contributed by atoms with van der Waals surface area (Å²) in [4.78, 5) is 14.1. The molecule has 2 aliphatic heterocycles. The van der Waals surface area contributed by atoms with Crippen molar-refractivity contribution in [2.75, 3.05) is 25.4 Å². The summed E-state index contributed by atoms with van der Waals surface area (Å²) in [6, 6.07) is 0.302. The highest BCUT2D eigenvalue weighted by Gasteiger charge is 2.31. The van der Waals surface area contributed by atoms with E-state index in [1.807, 2.05) is 25.7 Å². The molecule has 2 unspecified atom stereocenters. The zero-order valence-corrected chi connectivity index (χ0v) is 13.8. The van der Waals surface area contributed by atoms with Crippen LogP contribution in [0.25, 0.3) is 0 Å². The fourth-order valence-electron chi connectivity index (χ4n) is 2.83. The molecule has 2 fully saturated rings. The van der Waals surface area contributed by atoms with Gasteiger partial charge in [-0.1, -0.05) is 0 Å². The first kappa shape index (κ1) is 16.0. The van der Waals surface area contributed by atoms with Gasteiger partial charge in [0.2, 0.25) is 0 Å². The highest BCUT2D eigenvalue weighted by Crippen LogP contribution is 2.25. The Balaban J connectivity index is 1.73. The highest BCUT2D eigenvalue weighted by atomic mass is 32.2. The van der Waals surface area contributed by atoms with E-state index < -0.39 is 5.60 Å². The second-order valence-corrected chi connectivity index (χ2v) is 8.17. The van der Waals surface area contributed by atoms with Crippen LogP contribution in [0.4, 0.5) is 4.79 Å². The maximum atomic E-state index is 12.2. The molecule has 0 aromatic heterocycles. The van der Waals surface area contributed by atoms with Gasteiger partial charge in [-0.15, -0.1) is 0 Å². The Morgan fingerprint density at radius 2 is 2.10 bits per heavy atom. The number of amides is 1. The number of rotatable bonds is 4. The maximum absolute atomic E-state index is 12.2. The van der Waals surface area contributed by atoms with Gasteiger partial charge in [0, 0.05) is 30.9 Å². The van der Waals surface area contributed by atoms with Crippen LogP contribution in [0.15, 0.2) is 0 Å². The molecule has 0 bridgehead atoms. The average Bonchev–Trinajstić information content (AvgIpc) is 2.97. The maximum Gasteiger partial charge on any atom is 0.410 e. The van der Waals surface area contributed by atoms with Crippen LogP contribution < -0.4 is 5.32 Å². The lowest BCUT2D eigenvalue weighted by atomic mass is 10.2. The van der Waals surface area contributed by atoms with Gasteiger partial charge in [-0.25, -0.2) is 4.79 Å². The Hall–Kier alpha value is -0.420. The lowest BCUT2D eigenvalue weighted by molar-refractivity contribution is 0.0227. The quantitative estimate of drug-likeness (QED) is 0.867. The van der Waals surface area contributed by atoms with Crippen molar-refractivity contribution in [1.82, 2.24) is 10.2 Å². The minimum atomic E-state index is -0.405. The zero-order chi connectivity index (χ0) is 14.6. The van der Waals surface area contributed by atoms with Crippen LogP contribution in [0, 0.1) is 0 Å². The van der Waals surface area contributed by atoms with E-state index in [4.69, 9.17) is 4.74 Å². The molecule has 116 valence electrons. The van der Waals surface area contributed by atoms with Crippen LogP contribution in [0.5, 0.6) is 0 Å². The number of thioether (sulfide) groups is 1. The summed E-state index contributed by atoms with van der Waals surface area (Å²) in [7, 11) is 0. The predicted octanol–water partition coefficient (Wildman–Crippen LogP) is 2.87. The van der Waals surface area contributed by atoms with Crippen molar-refractivity contribution >= 4 is 17.9 Å². The molecular weight excluding hydrogens is 272 g/mol. The molecule has 0 aromatic carbocycles. The molecule has 1 N–H and O–H groups in total. The number of carbonyl (C=O) groups excluding carboxylic acids is 1. The molecule has 0 spiro atoms. The van der Waals surface area contributed by atoms with E-state index in [1.54, 1.807) is 0 Å². The Kier molecular flexibility index (Phi) is 5.61. The van der Waals surface area contributed by atoms with Crippen molar-refractivity contribution in [3.63, 3.8) is 0 Å². The van der Waals surface area contributed by atoms with E-state index in [-0.39, 0.29) is 6.09 Å². The van der Waals surface area contributed by atoms with Gasteiger partial charge in [0.25, 0.3) is 0 Å². The van der Waals surface area contributed by atoms with E-state index in [0.717, 1.165) is 37.7 Å². The van der Waals surface area contributed by atoms with Crippen LogP contribution >= 0.6 is 11.8 Å². The van der Waals surface area contributed by atoms with Crippen molar-refractivity contribution in [2.24, 2.45) is 0 Å². The molecule has 4 nitrogen and oxygen atoms in total. The first-order valence-electron chi connectivity index (χ1n) is 7.77. The largest absolute Gasteiger partial charge is 0.444 e. The molecule has 1 amide bonds. The minimum absolute atomic E-state index is 0.156. The third-order valence-corrected chi connectivity index (χ3v) is 5.18. The Morgan fingerprint density at radius 3 is 2.75 bits per heavy atom. The number of hydrogen-bond donors (Lipinski definition) is 1. The second kappa shape index (κ2) is 7.03. The molecule has 0 radical (unpaired) electrons. The van der Waals surface area contributed by atoms with E-state index in [0.29, 0.717) is 6.04 Å². The van der Waals surface area contributed by atoms with Gasteiger partial charge in [-0.2, -0.15) is 11.8 Å². The van der Waals surface area contributed by atoms with Gasteiger partial charge >= 0.3 is 6.09 Å². The van der Waals surface area contributed by atoms with Crippen molar-refractivity contribution in [1.29, 1.82) is 0 Å². The Morgan fingerprint density at radius 1 is 1.30 bits per heavy atom. The standard InChI is InChI=1S/C15H28N2O2S/c1-15(2,3)19-14(18)17-8-4-6-12(17)10-16-11-13-7-5-9-20-13/h12-13,16H,4-11H2,1-3H3. The van der Waals surface area contributed by atoms with E-state index >= 15 is 0 Å². The first-order valence-corrected chi connectivity index (χ1v) is 8.82. The molecule has 2 heterocycles. The van der Waals surface area contributed by atoms with Crippen LogP contribution in [0.3, 0.4) is 0 Å². The van der Waals surface area contributed by atoms with Gasteiger partial charge < -0.3 is 15.0 Å². The summed E-state index contributed by atoms with van der Waals surface area (Å²) in [6.45, 7) is 8.57. The smallest absolute Gasteiger partial charge is 0.410 e. The van der Waals surface area contributed by atoms with Crippen molar-refractivity contribution in [3.05, 3.63) is 0 Å². The summed E-state index contributed by atoms with van der Waals surface area (Å²) in [5.74, 6) is 1.31. The minimum Gasteiger partial charge on any atom is -0.444 e. The van der Waals surface area contributed by atoms with E-state index in [9.17, 15) is 4.79 Å². The number of carbonyl (C=O) groups is 1. The summed E-state index contributed by atoms with van der Waals surface area (Å²) in [5, 5.41) is 4.32. The van der Waals surface area contributed by atoms with Crippen LogP contribution in [0.2, 0.25) is 0 Å². The average molecular weight is 300 g/mol. The molecule has 2 atom stereocenters. The second-order valence-electron chi connectivity index (χ2n) is 6.76. The van der Waals surface area contributed by atoms with Gasteiger partial charge in [-0.3, -0.25) is 0 Å². The molecule has 0 saturated carbocycles. The highest BCUT2D eigenvalue weighted by molar-refractivity contribution is 8.00. The zero-order valence-electron chi connectivity index (χ0n) is 13.0. The molecule has 2 aliphatic rings. The molecule has 0 aromatic rings. The normalized spacial score (nSPS) is 27.1. The van der Waals surface area contributed by atoms with Crippen LogP contribution in [0.1, 0.15) is 46.5 Å².